The number of carbonyl (C=O) groups excluding carboxylic acids is 1. The van der Waals surface area contributed by atoms with Crippen molar-refractivity contribution in [2.45, 2.75) is 52.0 Å². The number of ketones is 1. The normalized spacial score (nSPS) is 12.8. The Bertz CT molecular complexity index is 1270. The van der Waals surface area contributed by atoms with Crippen LogP contribution < -0.4 is 20.1 Å². The van der Waals surface area contributed by atoms with Crippen molar-refractivity contribution in [3.05, 3.63) is 60.1 Å². The molecule has 0 fully saturated rings. The number of nitrogens with one attached hydrogen (secondary N) is 2. The molecule has 0 spiro atoms. The molecule has 9 nitrogen and oxygen atoms in total. The number of rotatable bonds is 14. The lowest BCUT2D eigenvalue weighted by Crippen LogP contribution is -2.35. The van der Waals surface area contributed by atoms with Crippen LogP contribution in [0.5, 0.6) is 11.5 Å². The lowest BCUT2D eigenvalue weighted by molar-refractivity contribution is 0.0979. The highest BCUT2D eigenvalue weighted by molar-refractivity contribution is 6.09. The second-order valence-corrected chi connectivity index (χ2v) is 9.95. The number of fused-ring (bicyclic) bond motifs is 2. The highest BCUT2D eigenvalue weighted by Crippen LogP contribution is 2.33. The maximum atomic E-state index is 13.3. The molecular formula is C29H38Cl2N2O7. The Labute approximate surface area is 246 Å². The fourth-order valence-corrected chi connectivity index (χ4v) is 3.88. The first kappa shape index (κ1) is 33.4. The zero-order chi connectivity index (χ0) is 27.2. The van der Waals surface area contributed by atoms with Gasteiger partial charge >= 0.3 is 0 Å². The molecule has 2 unspecified atom stereocenters. The minimum Gasteiger partial charge on any atom is -0.487 e. The average molecular weight is 598 g/mol. The van der Waals surface area contributed by atoms with E-state index in [4.69, 9.17) is 18.3 Å². The zero-order valence-electron chi connectivity index (χ0n) is 23.0. The van der Waals surface area contributed by atoms with Gasteiger partial charge in [0.1, 0.15) is 25.4 Å². The lowest BCUT2D eigenvalue weighted by atomic mass is 10.2. The molecule has 2 atom stereocenters. The fraction of sp³-hybridized carbons (Fsp3) is 0.414. The summed E-state index contributed by atoms with van der Waals surface area (Å²) in [4.78, 5) is 13.3. The summed E-state index contributed by atoms with van der Waals surface area (Å²) in [7, 11) is 0. The van der Waals surface area contributed by atoms with Gasteiger partial charge in [0.2, 0.25) is 0 Å². The van der Waals surface area contributed by atoms with E-state index in [-0.39, 0.29) is 61.6 Å². The number of benzene rings is 2. The van der Waals surface area contributed by atoms with E-state index in [1.807, 2.05) is 39.8 Å². The Morgan fingerprint density at radius 2 is 1.15 bits per heavy atom. The van der Waals surface area contributed by atoms with Crippen LogP contribution in [0.3, 0.4) is 0 Å². The van der Waals surface area contributed by atoms with E-state index in [0.717, 1.165) is 0 Å². The first-order valence-corrected chi connectivity index (χ1v) is 12.9. The predicted octanol–water partition coefficient (Wildman–Crippen LogP) is 4.73. The summed E-state index contributed by atoms with van der Waals surface area (Å²) in [5.41, 5.74) is 0.841. The van der Waals surface area contributed by atoms with Crippen LogP contribution in [0.15, 0.2) is 57.4 Å². The monoisotopic (exact) mass is 596 g/mol. The van der Waals surface area contributed by atoms with Gasteiger partial charge in [-0.3, -0.25) is 4.79 Å². The van der Waals surface area contributed by atoms with Gasteiger partial charge in [0.25, 0.3) is 5.78 Å². The van der Waals surface area contributed by atoms with Crippen molar-refractivity contribution in [3.8, 4) is 11.5 Å². The molecule has 0 saturated heterocycles. The number of para-hydroxylation sites is 2. The van der Waals surface area contributed by atoms with E-state index in [0.29, 0.717) is 46.5 Å². The van der Waals surface area contributed by atoms with Crippen LogP contribution in [0, 0.1) is 0 Å². The molecule has 0 aliphatic rings. The standard InChI is InChI=1S/C29H36N2O7.2ClH/c1-17(2)30-13-21(32)15-35-23-9-5-7-19-11-25(37-28(19)23)27(34)26-12-20-8-6-10-24(29(20)38-26)36-16-22(33)14-31-18(3)4;;/h5-12,17-18,21-22,30-33H,13-16H2,1-4H3;2*1H. The van der Waals surface area contributed by atoms with Gasteiger partial charge in [0.15, 0.2) is 34.2 Å². The third-order valence-corrected chi connectivity index (χ3v) is 5.85. The zero-order valence-corrected chi connectivity index (χ0v) is 24.6. The van der Waals surface area contributed by atoms with Crippen molar-refractivity contribution < 1.29 is 33.3 Å². The predicted molar refractivity (Wildman–Crippen MR) is 160 cm³/mol. The van der Waals surface area contributed by atoms with Crippen molar-refractivity contribution in [3.63, 3.8) is 0 Å². The minimum absolute atomic E-state index is 0. The average Bonchev–Trinajstić information content (AvgIpc) is 3.53. The van der Waals surface area contributed by atoms with Crippen LogP contribution in [0.1, 0.15) is 44.0 Å². The van der Waals surface area contributed by atoms with E-state index < -0.39 is 18.0 Å². The molecule has 2 heterocycles. The molecule has 2 aromatic carbocycles. The fourth-order valence-electron chi connectivity index (χ4n) is 3.88. The van der Waals surface area contributed by atoms with E-state index in [1.54, 1.807) is 36.4 Å². The Balaban J connectivity index is 0.00000280. The van der Waals surface area contributed by atoms with Gasteiger partial charge in [0.05, 0.1) is 0 Å². The summed E-state index contributed by atoms with van der Waals surface area (Å²) < 4.78 is 23.4. The summed E-state index contributed by atoms with van der Waals surface area (Å²) in [6, 6.07) is 14.5. The number of hydrogen-bond acceptors (Lipinski definition) is 9. The Morgan fingerprint density at radius 1 is 0.750 bits per heavy atom. The highest BCUT2D eigenvalue weighted by Gasteiger charge is 2.22. The van der Waals surface area contributed by atoms with Gasteiger partial charge in [-0.05, 0) is 24.3 Å². The van der Waals surface area contributed by atoms with Crippen LogP contribution in [-0.2, 0) is 0 Å². The number of hydrogen-bond donors (Lipinski definition) is 4. The molecule has 2 aromatic heterocycles. The van der Waals surface area contributed by atoms with Crippen LogP contribution in [0.2, 0.25) is 0 Å². The quantitative estimate of drug-likeness (QED) is 0.153. The molecule has 40 heavy (non-hydrogen) atoms. The first-order valence-electron chi connectivity index (χ1n) is 12.9. The van der Waals surface area contributed by atoms with Crippen molar-refractivity contribution in [1.82, 2.24) is 10.6 Å². The van der Waals surface area contributed by atoms with Crippen molar-refractivity contribution in [2.24, 2.45) is 0 Å². The minimum atomic E-state index is -0.691. The Morgan fingerprint density at radius 3 is 1.52 bits per heavy atom. The molecule has 0 radical (unpaired) electrons. The van der Waals surface area contributed by atoms with Crippen molar-refractivity contribution >= 4 is 52.5 Å². The third kappa shape index (κ3) is 8.60. The summed E-state index contributed by atoms with van der Waals surface area (Å²) >= 11 is 0. The number of aliphatic hydroxyl groups excluding tert-OH is 2. The van der Waals surface area contributed by atoms with Crippen LogP contribution in [-0.4, -0.2) is 66.6 Å². The summed E-state index contributed by atoms with van der Waals surface area (Å²) in [5, 5.41) is 28.1. The molecule has 0 saturated carbocycles. The van der Waals surface area contributed by atoms with E-state index in [1.165, 1.54) is 0 Å². The molecule has 4 rings (SSSR count). The smallest absolute Gasteiger partial charge is 0.263 e. The van der Waals surface area contributed by atoms with Gasteiger partial charge in [-0.15, -0.1) is 24.8 Å². The summed E-state index contributed by atoms with van der Waals surface area (Å²) in [5.74, 6) is 0.674. The lowest BCUT2D eigenvalue weighted by Gasteiger charge is -2.15. The maximum Gasteiger partial charge on any atom is 0.263 e. The number of halogens is 2. The van der Waals surface area contributed by atoms with Crippen molar-refractivity contribution in [1.29, 1.82) is 0 Å². The van der Waals surface area contributed by atoms with E-state index in [2.05, 4.69) is 10.6 Å². The number of furan rings is 2. The molecule has 0 aliphatic heterocycles. The maximum absolute atomic E-state index is 13.3. The molecule has 11 heteroatoms. The molecule has 0 aliphatic carbocycles. The Kier molecular flexibility index (Phi) is 12.8. The number of carbonyl (C=O) groups is 1. The number of aliphatic hydroxyl groups is 2. The van der Waals surface area contributed by atoms with Gasteiger partial charge in [-0.2, -0.15) is 0 Å². The van der Waals surface area contributed by atoms with Gasteiger partial charge in [-0.25, -0.2) is 0 Å². The molecule has 4 aromatic rings. The summed E-state index contributed by atoms with van der Waals surface area (Å²) in [6.07, 6.45) is -1.38. The largest absolute Gasteiger partial charge is 0.487 e. The molecular weight excluding hydrogens is 559 g/mol. The highest BCUT2D eigenvalue weighted by atomic mass is 35.5. The van der Waals surface area contributed by atoms with Gasteiger partial charge in [-0.1, -0.05) is 52.0 Å². The topological polar surface area (TPSA) is 126 Å². The molecule has 220 valence electrons. The molecule has 0 amide bonds. The van der Waals surface area contributed by atoms with Gasteiger partial charge in [0, 0.05) is 35.9 Å². The van der Waals surface area contributed by atoms with Crippen molar-refractivity contribution in [2.75, 3.05) is 26.3 Å². The van der Waals surface area contributed by atoms with Crippen LogP contribution >= 0.6 is 24.8 Å². The number of ether oxygens (including phenoxy) is 2. The third-order valence-electron chi connectivity index (χ3n) is 5.85. The molecule has 4 N–H and O–H groups in total. The van der Waals surface area contributed by atoms with Gasteiger partial charge < -0.3 is 39.2 Å². The summed E-state index contributed by atoms with van der Waals surface area (Å²) in [6.45, 7) is 8.98. The second kappa shape index (κ2) is 15.3. The van der Waals surface area contributed by atoms with E-state index >= 15 is 0 Å². The van der Waals surface area contributed by atoms with E-state index in [9.17, 15) is 15.0 Å². The second-order valence-electron chi connectivity index (χ2n) is 9.95. The van der Waals surface area contributed by atoms with Crippen LogP contribution in [0.25, 0.3) is 21.9 Å². The SMILES string of the molecule is CC(C)NCC(O)COc1cccc2cc(C(=O)c3cc4cccc(OCC(O)CNC(C)C)c4o3)oc12.Cl.Cl. The Hall–Kier alpha value is -2.79. The molecule has 0 bridgehead atoms. The van der Waals surface area contributed by atoms with Crippen LogP contribution in [0.4, 0.5) is 0 Å². The first-order chi connectivity index (χ1) is 18.2.